The lowest BCUT2D eigenvalue weighted by Gasteiger charge is -1.97. The van der Waals surface area contributed by atoms with Crippen LogP contribution in [-0.4, -0.2) is 15.3 Å². The maximum absolute atomic E-state index is 10.9. The van der Waals surface area contributed by atoms with Crippen LogP contribution in [0.15, 0.2) is 30.7 Å². The summed E-state index contributed by atoms with van der Waals surface area (Å²) in [6.07, 6.45) is 5.21. The highest BCUT2D eigenvalue weighted by Gasteiger charge is 2.05. The summed E-state index contributed by atoms with van der Waals surface area (Å²) in [5.74, 6) is -0.452. The molecule has 2 aromatic rings. The predicted molar refractivity (Wildman–Crippen MR) is 51.0 cm³/mol. The molecular formula is C8H8ClN3O. The smallest absolute Gasteiger partial charge is 0.252 e. The lowest BCUT2D eigenvalue weighted by atomic mass is 10.2. The summed E-state index contributed by atoms with van der Waals surface area (Å²) < 4.78 is 1.75. The van der Waals surface area contributed by atoms with E-state index in [1.807, 2.05) is 6.20 Å². The monoisotopic (exact) mass is 197 g/mol. The van der Waals surface area contributed by atoms with Gasteiger partial charge < -0.3 is 10.1 Å². The fourth-order valence-electron chi connectivity index (χ4n) is 1.14. The van der Waals surface area contributed by atoms with Gasteiger partial charge in [-0.15, -0.1) is 12.4 Å². The van der Waals surface area contributed by atoms with E-state index in [4.69, 9.17) is 5.73 Å². The molecule has 5 heteroatoms. The maximum Gasteiger partial charge on any atom is 0.252 e. The summed E-state index contributed by atoms with van der Waals surface area (Å²) in [5, 5.41) is 0. The van der Waals surface area contributed by atoms with E-state index >= 15 is 0 Å². The first-order valence-corrected chi connectivity index (χ1v) is 3.50. The highest BCUT2D eigenvalue weighted by Crippen LogP contribution is 2.06. The van der Waals surface area contributed by atoms with Gasteiger partial charge in [-0.1, -0.05) is 0 Å². The number of aromatic nitrogens is 2. The molecule has 1 amide bonds. The Labute approximate surface area is 80.8 Å². The van der Waals surface area contributed by atoms with Gasteiger partial charge in [0.1, 0.15) is 5.65 Å². The van der Waals surface area contributed by atoms with Gasteiger partial charge in [0.05, 0.1) is 5.56 Å². The van der Waals surface area contributed by atoms with Gasteiger partial charge in [0, 0.05) is 18.6 Å². The van der Waals surface area contributed by atoms with E-state index in [0.717, 1.165) is 0 Å². The van der Waals surface area contributed by atoms with Crippen LogP contribution in [0.2, 0.25) is 0 Å². The minimum absolute atomic E-state index is 0. The van der Waals surface area contributed by atoms with Crippen molar-refractivity contribution in [2.24, 2.45) is 5.73 Å². The number of rotatable bonds is 1. The molecule has 0 aliphatic rings. The van der Waals surface area contributed by atoms with E-state index in [9.17, 15) is 4.79 Å². The zero-order valence-electron chi connectivity index (χ0n) is 6.68. The van der Waals surface area contributed by atoms with Crippen LogP contribution < -0.4 is 5.73 Å². The van der Waals surface area contributed by atoms with Gasteiger partial charge in [-0.2, -0.15) is 0 Å². The zero-order chi connectivity index (χ0) is 8.55. The molecule has 2 heterocycles. The Balaban J connectivity index is 0.000000845. The van der Waals surface area contributed by atoms with E-state index < -0.39 is 5.91 Å². The van der Waals surface area contributed by atoms with Gasteiger partial charge in [-0.25, -0.2) is 4.98 Å². The molecule has 2 aromatic heterocycles. The number of pyridine rings is 1. The quantitative estimate of drug-likeness (QED) is 0.737. The molecule has 13 heavy (non-hydrogen) atoms. The van der Waals surface area contributed by atoms with Crippen LogP contribution in [0.3, 0.4) is 0 Å². The van der Waals surface area contributed by atoms with Gasteiger partial charge in [0.25, 0.3) is 5.91 Å². The lowest BCUT2D eigenvalue weighted by Crippen LogP contribution is -2.12. The Morgan fingerprint density at radius 1 is 1.46 bits per heavy atom. The van der Waals surface area contributed by atoms with Crippen molar-refractivity contribution in [3.8, 4) is 0 Å². The number of nitrogens with two attached hydrogens (primary N) is 1. The summed E-state index contributed by atoms with van der Waals surface area (Å²) in [7, 11) is 0. The Kier molecular flexibility index (Phi) is 2.53. The minimum Gasteiger partial charge on any atom is -0.365 e. The summed E-state index contributed by atoms with van der Waals surface area (Å²) in [6.45, 7) is 0. The first kappa shape index (κ1) is 9.54. The van der Waals surface area contributed by atoms with Crippen LogP contribution in [-0.2, 0) is 0 Å². The predicted octanol–water partition coefficient (Wildman–Crippen LogP) is 0.855. The van der Waals surface area contributed by atoms with Gasteiger partial charge in [-0.3, -0.25) is 4.79 Å². The molecule has 0 bridgehead atoms. The van der Waals surface area contributed by atoms with Crippen LogP contribution in [0, 0.1) is 0 Å². The number of hydrogen-bond acceptors (Lipinski definition) is 2. The standard InChI is InChI=1S/C8H7N3O.ClH/c9-7(12)6-2-1-4-11-5-3-10-8(6)11;/h1-5H,(H2,9,12);1H. The molecule has 0 fully saturated rings. The molecule has 0 aliphatic carbocycles. The van der Waals surface area contributed by atoms with Crippen LogP contribution in [0.25, 0.3) is 5.65 Å². The van der Waals surface area contributed by atoms with Crippen LogP contribution >= 0.6 is 12.4 Å². The van der Waals surface area contributed by atoms with Crippen molar-refractivity contribution in [3.63, 3.8) is 0 Å². The normalized spacial score (nSPS) is 9.54. The second-order valence-corrected chi connectivity index (χ2v) is 2.44. The molecule has 0 saturated carbocycles. The number of nitrogens with zero attached hydrogens (tertiary/aromatic N) is 2. The highest BCUT2D eigenvalue weighted by atomic mass is 35.5. The van der Waals surface area contributed by atoms with E-state index in [2.05, 4.69) is 4.98 Å². The molecule has 68 valence electrons. The fourth-order valence-corrected chi connectivity index (χ4v) is 1.14. The van der Waals surface area contributed by atoms with Crippen molar-refractivity contribution in [3.05, 3.63) is 36.3 Å². The van der Waals surface area contributed by atoms with E-state index in [-0.39, 0.29) is 12.4 Å². The second-order valence-electron chi connectivity index (χ2n) is 2.44. The van der Waals surface area contributed by atoms with Crippen LogP contribution in [0.1, 0.15) is 10.4 Å². The molecule has 0 spiro atoms. The number of fused-ring (bicyclic) bond motifs is 1. The van der Waals surface area contributed by atoms with Crippen molar-refractivity contribution in [1.82, 2.24) is 9.38 Å². The maximum atomic E-state index is 10.9. The van der Waals surface area contributed by atoms with E-state index in [0.29, 0.717) is 11.2 Å². The largest absolute Gasteiger partial charge is 0.365 e. The van der Waals surface area contributed by atoms with Gasteiger partial charge >= 0.3 is 0 Å². The first-order chi connectivity index (χ1) is 5.79. The van der Waals surface area contributed by atoms with Crippen LogP contribution in [0.4, 0.5) is 0 Å². The van der Waals surface area contributed by atoms with Crippen molar-refractivity contribution in [2.75, 3.05) is 0 Å². The number of amides is 1. The first-order valence-electron chi connectivity index (χ1n) is 3.50. The number of carbonyl (C=O) groups is 1. The second kappa shape index (κ2) is 3.45. The summed E-state index contributed by atoms with van der Waals surface area (Å²) in [5.41, 5.74) is 6.20. The number of hydrogen-bond donors (Lipinski definition) is 1. The van der Waals surface area contributed by atoms with Crippen molar-refractivity contribution in [2.45, 2.75) is 0 Å². The summed E-state index contributed by atoms with van der Waals surface area (Å²) in [4.78, 5) is 14.9. The molecule has 2 N–H and O–H groups in total. The topological polar surface area (TPSA) is 60.4 Å². The molecule has 0 radical (unpaired) electrons. The molecule has 4 nitrogen and oxygen atoms in total. The van der Waals surface area contributed by atoms with Gasteiger partial charge in [0.15, 0.2) is 0 Å². The molecule has 0 unspecified atom stereocenters. The van der Waals surface area contributed by atoms with Gasteiger partial charge in [0.2, 0.25) is 0 Å². The van der Waals surface area contributed by atoms with E-state index in [1.54, 1.807) is 28.9 Å². The Morgan fingerprint density at radius 2 is 2.23 bits per heavy atom. The number of primary amides is 1. The molecule has 2 rings (SSSR count). The Morgan fingerprint density at radius 3 is 2.92 bits per heavy atom. The number of carbonyl (C=O) groups excluding carboxylic acids is 1. The SMILES string of the molecule is Cl.NC(=O)c1cccn2ccnc12. The molecule has 0 aromatic carbocycles. The van der Waals surface area contributed by atoms with E-state index in [1.165, 1.54) is 0 Å². The Bertz CT molecular complexity index is 438. The van der Waals surface area contributed by atoms with Crippen molar-refractivity contribution < 1.29 is 4.79 Å². The molecule has 0 atom stereocenters. The third-order valence-electron chi connectivity index (χ3n) is 1.68. The molecule has 0 saturated heterocycles. The van der Waals surface area contributed by atoms with Gasteiger partial charge in [-0.05, 0) is 12.1 Å². The Hall–Kier alpha value is -1.55. The zero-order valence-corrected chi connectivity index (χ0v) is 7.49. The number of imidazole rings is 1. The summed E-state index contributed by atoms with van der Waals surface area (Å²) >= 11 is 0. The van der Waals surface area contributed by atoms with Crippen LogP contribution in [0.5, 0.6) is 0 Å². The molecule has 0 aliphatic heterocycles. The minimum atomic E-state index is -0.452. The third-order valence-corrected chi connectivity index (χ3v) is 1.68. The molecular weight excluding hydrogens is 190 g/mol. The van der Waals surface area contributed by atoms with Crippen molar-refractivity contribution >= 4 is 24.0 Å². The third kappa shape index (κ3) is 1.48. The average molecular weight is 198 g/mol. The van der Waals surface area contributed by atoms with Crippen molar-refractivity contribution in [1.29, 1.82) is 0 Å². The fraction of sp³-hybridized carbons (Fsp3) is 0. The lowest BCUT2D eigenvalue weighted by molar-refractivity contribution is 0.100. The number of halogens is 1. The summed E-state index contributed by atoms with van der Waals surface area (Å²) in [6, 6.07) is 3.42. The highest BCUT2D eigenvalue weighted by molar-refractivity contribution is 5.98. The average Bonchev–Trinajstić information content (AvgIpc) is 2.49.